The van der Waals surface area contributed by atoms with Gasteiger partial charge in [0.05, 0.1) is 49.4 Å². The predicted octanol–water partition coefficient (Wildman–Crippen LogP) is 6.49. The van der Waals surface area contributed by atoms with Crippen molar-refractivity contribution in [1.29, 1.82) is 0 Å². The molecule has 0 unspecified atom stereocenters. The van der Waals surface area contributed by atoms with Crippen LogP contribution in [-0.4, -0.2) is 103 Å². The Hall–Kier alpha value is -6.14. The van der Waals surface area contributed by atoms with Crippen LogP contribution in [0.5, 0.6) is 0 Å². The maximum Gasteiger partial charge on any atom is 0.322 e. The van der Waals surface area contributed by atoms with E-state index in [1.807, 2.05) is 9.80 Å². The third-order valence-electron chi connectivity index (χ3n) is 11.0. The Kier molecular flexibility index (Phi) is 9.46. The van der Waals surface area contributed by atoms with Gasteiger partial charge in [-0.05, 0) is 67.6 Å². The van der Waals surface area contributed by atoms with E-state index in [-0.39, 0.29) is 53.3 Å². The van der Waals surface area contributed by atoms with E-state index in [2.05, 4.69) is 20.8 Å². The number of rotatable bonds is 7. The number of nitrogens with zero attached hydrogens (tertiary/aromatic N) is 10. The molecule has 15 nitrogen and oxygen atoms in total. The van der Waals surface area contributed by atoms with Crippen molar-refractivity contribution in [3.8, 4) is 11.3 Å². The van der Waals surface area contributed by atoms with Crippen molar-refractivity contribution in [2.24, 2.45) is 0 Å². The number of urea groups is 2. The summed E-state index contributed by atoms with van der Waals surface area (Å²) in [4.78, 5) is 41.9. The standard InChI is InChI=1S/C39H38ClF3N12O3/c1-50(2)38(57)46-28-17-44-54-12-9-33(48-36(28)54)52-10-4-6-31(52)25-14-22(42)15-26(35(25)43)32-16-34(53-11-3-5-30(53)24-13-21(41)7-8-27(24)40)49-37-29(18-45-55(32)37)47-39(58)51-19-23(56)20-51/h7-9,12-18,23,30-31,56H,3-6,10-11,19-20H2,1-2H3,(H,46,57)(H,47,58)/t30-,31-/m1/s1. The zero-order valence-corrected chi connectivity index (χ0v) is 32.2. The highest BCUT2D eigenvalue weighted by Crippen LogP contribution is 2.43. The predicted molar refractivity (Wildman–Crippen MR) is 211 cm³/mol. The molecule has 0 bridgehead atoms. The molecular formula is C39H38ClF3N12O3. The lowest BCUT2D eigenvalue weighted by molar-refractivity contribution is 0.0309. The number of anilines is 4. The van der Waals surface area contributed by atoms with E-state index in [9.17, 15) is 19.1 Å². The van der Waals surface area contributed by atoms with Crippen molar-refractivity contribution in [2.75, 3.05) is 60.7 Å². The minimum absolute atomic E-state index is 0.0882. The molecule has 7 heterocycles. The number of benzene rings is 2. The van der Waals surface area contributed by atoms with E-state index in [0.717, 1.165) is 12.5 Å². The second-order valence-electron chi connectivity index (χ2n) is 14.9. The first-order chi connectivity index (χ1) is 27.9. The number of amides is 4. The summed E-state index contributed by atoms with van der Waals surface area (Å²) in [6, 6.07) is 8.02. The molecule has 3 aliphatic rings. The van der Waals surface area contributed by atoms with Gasteiger partial charge in [-0.15, -0.1) is 0 Å². The van der Waals surface area contributed by atoms with Gasteiger partial charge >= 0.3 is 12.1 Å². The van der Waals surface area contributed by atoms with Gasteiger partial charge in [0.25, 0.3) is 0 Å². The van der Waals surface area contributed by atoms with Crippen LogP contribution < -0.4 is 20.4 Å². The van der Waals surface area contributed by atoms with Crippen LogP contribution in [-0.2, 0) is 0 Å². The average molecular weight is 815 g/mol. The first kappa shape index (κ1) is 37.4. The Morgan fingerprint density at radius 1 is 0.828 bits per heavy atom. The monoisotopic (exact) mass is 814 g/mol. The Morgan fingerprint density at radius 3 is 2.24 bits per heavy atom. The molecule has 19 heteroatoms. The lowest BCUT2D eigenvalue weighted by Gasteiger charge is -2.35. The van der Waals surface area contributed by atoms with Crippen molar-refractivity contribution < 1.29 is 27.9 Å². The van der Waals surface area contributed by atoms with Crippen LogP contribution in [0.4, 0.5) is 45.8 Å². The topological polar surface area (TPSA) is 152 Å². The lowest BCUT2D eigenvalue weighted by Crippen LogP contribution is -2.54. The quantitative estimate of drug-likeness (QED) is 0.164. The molecular weight excluding hydrogens is 777 g/mol. The van der Waals surface area contributed by atoms with Crippen LogP contribution in [0.2, 0.25) is 5.02 Å². The van der Waals surface area contributed by atoms with Crippen LogP contribution in [0.25, 0.3) is 22.6 Å². The van der Waals surface area contributed by atoms with Crippen LogP contribution in [0.15, 0.2) is 61.1 Å². The summed E-state index contributed by atoms with van der Waals surface area (Å²) >= 11 is 6.59. The fourth-order valence-electron chi connectivity index (χ4n) is 8.06. The normalized spacial score (nSPS) is 18.4. The number of carbonyl (C=O) groups excluding carboxylic acids is 2. The van der Waals surface area contributed by atoms with Crippen molar-refractivity contribution >= 4 is 58.0 Å². The third-order valence-corrected chi connectivity index (χ3v) is 11.3. The van der Waals surface area contributed by atoms with Crippen LogP contribution in [0.1, 0.15) is 48.9 Å². The highest BCUT2D eigenvalue weighted by Gasteiger charge is 2.35. The highest BCUT2D eigenvalue weighted by molar-refractivity contribution is 6.31. The molecule has 300 valence electrons. The van der Waals surface area contributed by atoms with Crippen molar-refractivity contribution in [1.82, 2.24) is 39.0 Å². The number of likely N-dealkylation sites (tertiary alicyclic amines) is 1. The van der Waals surface area contributed by atoms with E-state index in [1.165, 1.54) is 55.5 Å². The van der Waals surface area contributed by atoms with E-state index in [1.54, 1.807) is 32.4 Å². The molecule has 6 aromatic rings. The van der Waals surface area contributed by atoms with Gasteiger partial charge in [-0.3, -0.25) is 0 Å². The van der Waals surface area contributed by atoms with Gasteiger partial charge in [0.2, 0.25) is 0 Å². The maximum atomic E-state index is 17.3. The molecule has 4 aromatic heterocycles. The fourth-order valence-corrected chi connectivity index (χ4v) is 8.31. The molecule has 0 radical (unpaired) electrons. The van der Waals surface area contributed by atoms with Gasteiger partial charge in [0.1, 0.15) is 40.5 Å². The molecule has 3 saturated heterocycles. The maximum absolute atomic E-state index is 17.3. The van der Waals surface area contributed by atoms with E-state index >= 15 is 8.78 Å². The van der Waals surface area contributed by atoms with Crippen LogP contribution in [0, 0.1) is 17.5 Å². The number of hydrogen-bond donors (Lipinski definition) is 3. The first-order valence-electron chi connectivity index (χ1n) is 18.9. The molecule has 3 fully saturated rings. The number of fused-ring (bicyclic) bond motifs is 2. The molecule has 0 saturated carbocycles. The van der Waals surface area contributed by atoms with E-state index in [0.29, 0.717) is 65.9 Å². The zero-order chi connectivity index (χ0) is 40.4. The number of carbonyl (C=O) groups is 2. The molecule has 3 aliphatic heterocycles. The van der Waals surface area contributed by atoms with Crippen molar-refractivity contribution in [2.45, 2.75) is 43.9 Å². The number of nitrogens with one attached hydrogen (secondary N) is 2. The van der Waals surface area contributed by atoms with Crippen molar-refractivity contribution in [3.05, 3.63) is 94.7 Å². The molecule has 58 heavy (non-hydrogen) atoms. The second-order valence-corrected chi connectivity index (χ2v) is 15.4. The Balaban J connectivity index is 1.13. The molecule has 0 spiro atoms. The summed E-state index contributed by atoms with van der Waals surface area (Å²) in [5.41, 5.74) is 1.92. The Bertz CT molecular complexity index is 2600. The first-order valence-corrected chi connectivity index (χ1v) is 19.2. The molecule has 2 atom stereocenters. The third kappa shape index (κ3) is 6.64. The molecule has 3 N–H and O–H groups in total. The number of β-amino-alcohol motifs (C(OH)–C–C–N with tert-alkyl or cyclic N) is 1. The smallest absolute Gasteiger partial charge is 0.322 e. The van der Waals surface area contributed by atoms with Gasteiger partial charge < -0.3 is 35.3 Å². The van der Waals surface area contributed by atoms with Crippen LogP contribution in [0.3, 0.4) is 0 Å². The van der Waals surface area contributed by atoms with Gasteiger partial charge in [-0.2, -0.15) is 10.2 Å². The molecule has 0 aliphatic carbocycles. The van der Waals surface area contributed by atoms with E-state index in [4.69, 9.17) is 21.6 Å². The number of hydrogen-bond acceptors (Lipinski definition) is 9. The van der Waals surface area contributed by atoms with Crippen molar-refractivity contribution in [3.63, 3.8) is 0 Å². The zero-order valence-electron chi connectivity index (χ0n) is 31.4. The van der Waals surface area contributed by atoms with Gasteiger partial charge in [0.15, 0.2) is 11.3 Å². The van der Waals surface area contributed by atoms with E-state index < -0.39 is 35.6 Å². The SMILES string of the molecule is CN(C)C(=O)Nc1cnn2ccc(N3CCC[C@@H]3c3cc(F)cc(-c4cc(N5CCC[C@@H]5c5cc(F)ccc5Cl)nc5c(NC(=O)N6CC(O)C6)cnn45)c3F)nc12. The summed E-state index contributed by atoms with van der Waals surface area (Å²) in [5.74, 6) is -0.945. The fraction of sp³-hybridized carbons (Fsp3) is 0.333. The highest BCUT2D eigenvalue weighted by atomic mass is 35.5. The van der Waals surface area contributed by atoms with Gasteiger partial charge in [0, 0.05) is 55.6 Å². The number of aliphatic hydroxyl groups is 1. The minimum atomic E-state index is -0.680. The summed E-state index contributed by atoms with van der Waals surface area (Å²) in [6.45, 7) is 1.33. The van der Waals surface area contributed by atoms with Gasteiger partial charge in [-0.1, -0.05) is 11.6 Å². The summed E-state index contributed by atoms with van der Waals surface area (Å²) in [6.07, 6.45) is 6.48. The number of aromatic nitrogens is 6. The molecule has 4 amide bonds. The largest absolute Gasteiger partial charge is 0.389 e. The Labute approximate surface area is 334 Å². The van der Waals surface area contributed by atoms with Gasteiger partial charge in [-0.25, -0.2) is 41.8 Å². The molecule has 9 rings (SSSR count). The van der Waals surface area contributed by atoms with Crippen LogP contribution >= 0.6 is 11.6 Å². The summed E-state index contributed by atoms with van der Waals surface area (Å²) in [5, 5.41) is 24.5. The second kappa shape index (κ2) is 14.7. The Morgan fingerprint density at radius 2 is 1.50 bits per heavy atom. The number of aliphatic hydroxyl groups excluding tert-OH is 1. The number of halogens is 4. The average Bonchev–Trinajstić information content (AvgIpc) is 4.02. The minimum Gasteiger partial charge on any atom is -0.389 e. The molecule has 2 aromatic carbocycles. The lowest BCUT2D eigenvalue weighted by atomic mass is 9.98. The summed E-state index contributed by atoms with van der Waals surface area (Å²) in [7, 11) is 3.23. The summed E-state index contributed by atoms with van der Waals surface area (Å²) < 4.78 is 50.7.